The van der Waals surface area contributed by atoms with Crippen LogP contribution in [0.5, 0.6) is 0 Å². The summed E-state index contributed by atoms with van der Waals surface area (Å²) in [6.07, 6.45) is -2.33. The van der Waals surface area contributed by atoms with Crippen LogP contribution in [0.25, 0.3) is 11.2 Å². The number of aromatic nitrogens is 4. The number of H-pyrrole nitrogens is 1. The molecular weight excluding hydrogens is 386 g/mol. The number of carbonyl (C=O) groups excluding carboxylic acids is 1. The molecule has 160 valence electrons. The number of ether oxygens (including phenoxy) is 4. The van der Waals surface area contributed by atoms with Gasteiger partial charge in [0.15, 0.2) is 17.4 Å². The summed E-state index contributed by atoms with van der Waals surface area (Å²) in [5.41, 5.74) is 5.33. The highest BCUT2D eigenvalue weighted by atomic mass is 16.6. The number of nitrogens with zero attached hydrogens (tertiary/aromatic N) is 3. The van der Waals surface area contributed by atoms with Gasteiger partial charge in [-0.15, -0.1) is 0 Å². The molecule has 29 heavy (non-hydrogen) atoms. The number of aliphatic hydroxyl groups excluding tert-OH is 1. The maximum Gasteiger partial charge on any atom is 0.308 e. The Morgan fingerprint density at radius 2 is 2.21 bits per heavy atom. The molecule has 12 nitrogen and oxygen atoms in total. The number of hydrogen-bond acceptors (Lipinski definition) is 10. The highest BCUT2D eigenvalue weighted by Crippen LogP contribution is 2.33. The summed E-state index contributed by atoms with van der Waals surface area (Å²) in [7, 11) is 1.53. The third-order valence-electron chi connectivity index (χ3n) is 4.49. The van der Waals surface area contributed by atoms with Gasteiger partial charge >= 0.3 is 5.97 Å². The molecule has 4 N–H and O–H groups in total. The summed E-state index contributed by atoms with van der Waals surface area (Å²) in [5, 5.41) is 10.8. The molecule has 4 atom stereocenters. The number of imidazole rings is 1. The lowest BCUT2D eigenvalue weighted by Gasteiger charge is -2.21. The predicted octanol–water partition coefficient (Wildman–Crippen LogP) is -0.809. The molecule has 12 heteroatoms. The molecule has 0 saturated carbocycles. The van der Waals surface area contributed by atoms with Gasteiger partial charge in [-0.2, -0.15) is 4.98 Å². The zero-order valence-electron chi connectivity index (χ0n) is 16.4. The molecule has 3 rings (SSSR count). The van der Waals surface area contributed by atoms with E-state index in [4.69, 9.17) is 24.7 Å². The first-order chi connectivity index (χ1) is 13.8. The van der Waals surface area contributed by atoms with E-state index in [0.29, 0.717) is 6.61 Å². The maximum atomic E-state index is 12.0. The van der Waals surface area contributed by atoms with Crippen molar-refractivity contribution in [3.8, 4) is 0 Å². The van der Waals surface area contributed by atoms with Crippen LogP contribution in [-0.4, -0.2) is 75.8 Å². The van der Waals surface area contributed by atoms with Crippen molar-refractivity contribution < 1.29 is 28.8 Å². The van der Waals surface area contributed by atoms with Crippen molar-refractivity contribution in [2.75, 3.05) is 32.7 Å². The largest absolute Gasteiger partial charge is 0.463 e. The standard InChI is InChI=1S/C17H25N5O7/c1-8(2)16(25)28-6-9-12(27-5-4-26-3)11(23)15(29-9)22-7-19-10-13(22)20-17(18)21-14(10)24/h7-9,11-12,15,23H,4-6H2,1-3H3,(H3,18,20,21,24)/t9-,11-,12-,15-/m1/s1. The molecule has 2 aromatic heterocycles. The summed E-state index contributed by atoms with van der Waals surface area (Å²) in [4.78, 5) is 34.3. The normalized spacial score (nSPS) is 24.4. The van der Waals surface area contributed by atoms with Gasteiger partial charge in [-0.1, -0.05) is 13.8 Å². The second-order valence-corrected chi connectivity index (χ2v) is 6.94. The van der Waals surface area contributed by atoms with Crippen LogP contribution in [0.3, 0.4) is 0 Å². The lowest BCUT2D eigenvalue weighted by molar-refractivity contribution is -0.154. The molecule has 2 aromatic rings. The average molecular weight is 411 g/mol. The minimum Gasteiger partial charge on any atom is -0.463 e. The van der Waals surface area contributed by atoms with Crippen LogP contribution in [0.1, 0.15) is 20.1 Å². The second-order valence-electron chi connectivity index (χ2n) is 6.94. The third-order valence-corrected chi connectivity index (χ3v) is 4.49. The number of fused-ring (bicyclic) bond motifs is 1. The number of esters is 1. The minimum atomic E-state index is -1.14. The van der Waals surface area contributed by atoms with Gasteiger partial charge in [0.05, 0.1) is 25.5 Å². The van der Waals surface area contributed by atoms with Gasteiger partial charge in [-0.05, 0) is 0 Å². The van der Waals surface area contributed by atoms with Crippen LogP contribution in [0.4, 0.5) is 5.95 Å². The molecule has 0 aliphatic carbocycles. The van der Waals surface area contributed by atoms with Gasteiger partial charge < -0.3 is 29.8 Å². The van der Waals surface area contributed by atoms with Gasteiger partial charge in [-0.3, -0.25) is 19.1 Å². The van der Waals surface area contributed by atoms with E-state index in [-0.39, 0.29) is 36.2 Å². The summed E-state index contributed by atoms with van der Waals surface area (Å²) >= 11 is 0. The molecule has 0 aromatic carbocycles. The number of carbonyl (C=O) groups is 1. The fraction of sp³-hybridized carbons (Fsp3) is 0.647. The van der Waals surface area contributed by atoms with E-state index in [1.807, 2.05) is 0 Å². The smallest absolute Gasteiger partial charge is 0.308 e. The van der Waals surface area contributed by atoms with Crippen molar-refractivity contribution >= 4 is 23.1 Å². The van der Waals surface area contributed by atoms with Crippen LogP contribution < -0.4 is 11.3 Å². The Labute approximate surface area is 165 Å². The molecule has 0 spiro atoms. The zero-order valence-corrected chi connectivity index (χ0v) is 16.4. The minimum absolute atomic E-state index is 0.0570. The van der Waals surface area contributed by atoms with E-state index < -0.39 is 36.1 Å². The number of aromatic amines is 1. The molecule has 1 fully saturated rings. The van der Waals surface area contributed by atoms with Crippen LogP contribution >= 0.6 is 0 Å². The lowest BCUT2D eigenvalue weighted by atomic mass is 10.1. The van der Waals surface area contributed by atoms with Gasteiger partial charge in [0.1, 0.15) is 24.9 Å². The number of rotatable bonds is 8. The van der Waals surface area contributed by atoms with Gasteiger partial charge in [0.25, 0.3) is 5.56 Å². The van der Waals surface area contributed by atoms with Crippen LogP contribution in [0.15, 0.2) is 11.1 Å². The average Bonchev–Trinajstić information content (AvgIpc) is 3.21. The highest BCUT2D eigenvalue weighted by molar-refractivity contribution is 5.71. The Morgan fingerprint density at radius 1 is 1.45 bits per heavy atom. The lowest BCUT2D eigenvalue weighted by Crippen LogP contribution is -2.38. The van der Waals surface area contributed by atoms with Crippen LogP contribution in [0.2, 0.25) is 0 Å². The molecule has 1 aliphatic rings. The first-order valence-corrected chi connectivity index (χ1v) is 9.16. The number of aliphatic hydroxyl groups is 1. The van der Waals surface area contributed by atoms with Crippen molar-refractivity contribution in [3.05, 3.63) is 16.7 Å². The Morgan fingerprint density at radius 3 is 2.90 bits per heavy atom. The fourth-order valence-corrected chi connectivity index (χ4v) is 3.02. The van der Waals surface area contributed by atoms with Gasteiger partial charge in [0.2, 0.25) is 5.95 Å². The van der Waals surface area contributed by atoms with Crippen LogP contribution in [-0.2, 0) is 23.7 Å². The SMILES string of the molecule is COCCO[C@H]1[C@@H](O)[C@H](n2cnc3c(=O)[nH]c(N)nc32)O[C@@H]1COC(=O)C(C)C. The number of nitrogens with one attached hydrogen (secondary N) is 1. The van der Waals surface area contributed by atoms with Crippen LogP contribution in [0, 0.1) is 5.92 Å². The Bertz CT molecular complexity index is 911. The number of nitrogens with two attached hydrogens (primary N) is 1. The van der Waals surface area contributed by atoms with Crippen molar-refractivity contribution in [1.82, 2.24) is 19.5 Å². The number of anilines is 1. The zero-order chi connectivity index (χ0) is 21.1. The maximum absolute atomic E-state index is 12.0. The van der Waals surface area contributed by atoms with E-state index >= 15 is 0 Å². The Balaban J connectivity index is 1.86. The summed E-state index contributed by atoms with van der Waals surface area (Å²) in [5.74, 6) is -0.787. The highest BCUT2D eigenvalue weighted by Gasteiger charge is 2.46. The van der Waals surface area contributed by atoms with Crippen molar-refractivity contribution in [3.63, 3.8) is 0 Å². The molecule has 0 amide bonds. The van der Waals surface area contributed by atoms with E-state index in [1.165, 1.54) is 18.0 Å². The number of methoxy groups -OCH3 is 1. The Kier molecular flexibility index (Phi) is 6.47. The van der Waals surface area contributed by atoms with Crippen molar-refractivity contribution in [2.24, 2.45) is 5.92 Å². The molecule has 1 aliphatic heterocycles. The van der Waals surface area contributed by atoms with Gasteiger partial charge in [-0.25, -0.2) is 4.98 Å². The summed E-state index contributed by atoms with van der Waals surface area (Å²) < 4.78 is 23.3. The van der Waals surface area contributed by atoms with E-state index in [9.17, 15) is 14.7 Å². The van der Waals surface area contributed by atoms with Crippen molar-refractivity contribution in [2.45, 2.75) is 38.4 Å². The molecule has 0 unspecified atom stereocenters. The Hall–Kier alpha value is -2.54. The first-order valence-electron chi connectivity index (χ1n) is 9.16. The van der Waals surface area contributed by atoms with E-state index in [0.717, 1.165) is 0 Å². The molecule has 0 radical (unpaired) electrons. The molecule has 1 saturated heterocycles. The number of hydrogen-bond donors (Lipinski definition) is 3. The monoisotopic (exact) mass is 411 g/mol. The summed E-state index contributed by atoms with van der Waals surface area (Å²) in [6, 6.07) is 0. The number of nitrogen functional groups attached to an aromatic ring is 1. The molecule has 0 bridgehead atoms. The third kappa shape index (κ3) is 4.40. The van der Waals surface area contributed by atoms with Gasteiger partial charge in [0, 0.05) is 7.11 Å². The van der Waals surface area contributed by atoms with Crippen molar-refractivity contribution in [1.29, 1.82) is 0 Å². The van der Waals surface area contributed by atoms with E-state index in [2.05, 4.69) is 15.0 Å². The van der Waals surface area contributed by atoms with E-state index in [1.54, 1.807) is 13.8 Å². The quantitative estimate of drug-likeness (QED) is 0.370. The topological polar surface area (TPSA) is 164 Å². The summed E-state index contributed by atoms with van der Waals surface area (Å²) in [6.45, 7) is 3.85. The second kappa shape index (κ2) is 8.86. The molecular formula is C17H25N5O7. The predicted molar refractivity (Wildman–Crippen MR) is 99.9 cm³/mol. The molecule has 3 heterocycles. The fourth-order valence-electron chi connectivity index (χ4n) is 3.02. The first kappa shape index (κ1) is 21.2.